The van der Waals surface area contributed by atoms with Gasteiger partial charge < -0.3 is 4.74 Å². The summed E-state index contributed by atoms with van der Waals surface area (Å²) in [6.45, 7) is 1.86. The number of sulfonamides is 1. The molecule has 0 saturated carbocycles. The molecular formula is C16H16N4O3S. The van der Waals surface area contributed by atoms with Crippen LogP contribution in [0.15, 0.2) is 59.9 Å². The minimum absolute atomic E-state index is 0.151. The van der Waals surface area contributed by atoms with Crippen LogP contribution in [0.1, 0.15) is 5.82 Å². The van der Waals surface area contributed by atoms with Gasteiger partial charge in [-0.15, -0.1) is 0 Å². The Morgan fingerprint density at radius 2 is 1.83 bits per heavy atom. The first-order valence-corrected chi connectivity index (χ1v) is 8.61. The second-order valence-corrected chi connectivity index (χ2v) is 6.71. The Hall–Kier alpha value is -2.87. The molecule has 3 aromatic rings. The summed E-state index contributed by atoms with van der Waals surface area (Å²) in [4.78, 5) is 8.54. The number of aryl methyl sites for hydroxylation is 1. The lowest BCUT2D eigenvalue weighted by atomic mass is 10.3. The van der Waals surface area contributed by atoms with Crippen LogP contribution in [0.25, 0.3) is 5.82 Å². The number of nitrogens with zero attached hydrogens (tertiary/aromatic N) is 3. The van der Waals surface area contributed by atoms with Crippen molar-refractivity contribution in [3.8, 4) is 11.6 Å². The van der Waals surface area contributed by atoms with E-state index in [0.29, 0.717) is 17.3 Å². The van der Waals surface area contributed by atoms with E-state index in [0.717, 1.165) is 5.82 Å². The van der Waals surface area contributed by atoms with Crippen LogP contribution in [0.2, 0.25) is 0 Å². The van der Waals surface area contributed by atoms with Gasteiger partial charge in [0.25, 0.3) is 10.0 Å². The Labute approximate surface area is 140 Å². The molecule has 24 heavy (non-hydrogen) atoms. The minimum atomic E-state index is -3.68. The molecule has 2 heterocycles. The van der Waals surface area contributed by atoms with E-state index in [-0.39, 0.29) is 4.90 Å². The number of nitrogens with one attached hydrogen (secondary N) is 1. The molecule has 8 heteroatoms. The Bertz CT molecular complexity index is 932. The van der Waals surface area contributed by atoms with Crippen molar-refractivity contribution in [3.05, 3.63) is 60.8 Å². The summed E-state index contributed by atoms with van der Waals surface area (Å²) in [5, 5.41) is 0. The van der Waals surface area contributed by atoms with Crippen molar-refractivity contribution in [2.24, 2.45) is 0 Å². The van der Waals surface area contributed by atoms with Gasteiger partial charge in [-0.05, 0) is 43.3 Å². The summed E-state index contributed by atoms with van der Waals surface area (Å²) in [7, 11) is -2.15. The number of aromatic nitrogens is 3. The molecule has 7 nitrogen and oxygen atoms in total. The number of anilines is 1. The maximum Gasteiger partial charge on any atom is 0.261 e. The van der Waals surface area contributed by atoms with Crippen LogP contribution in [-0.4, -0.2) is 30.1 Å². The van der Waals surface area contributed by atoms with Gasteiger partial charge in [-0.2, -0.15) is 0 Å². The molecule has 0 radical (unpaired) electrons. The number of ether oxygens (including phenoxy) is 1. The highest BCUT2D eigenvalue weighted by molar-refractivity contribution is 7.92. The first kappa shape index (κ1) is 16.0. The molecule has 3 rings (SSSR count). The summed E-state index contributed by atoms with van der Waals surface area (Å²) in [6, 6.07) is 9.54. The molecule has 0 aliphatic heterocycles. The van der Waals surface area contributed by atoms with Crippen LogP contribution in [0.3, 0.4) is 0 Å². The normalized spacial score (nSPS) is 11.2. The largest absolute Gasteiger partial charge is 0.497 e. The topological polar surface area (TPSA) is 86.1 Å². The predicted octanol–water partition coefficient (Wildman–Crippen LogP) is 2.39. The summed E-state index contributed by atoms with van der Waals surface area (Å²) in [5.74, 6) is 2.06. The molecule has 1 aromatic carbocycles. The molecule has 1 N–H and O–H groups in total. The SMILES string of the molecule is COc1ccc(S(=O)(=O)Nc2ccc(-n3ccnc3C)nc2)cc1. The van der Waals surface area contributed by atoms with Crippen molar-refractivity contribution < 1.29 is 13.2 Å². The molecule has 0 spiro atoms. The monoisotopic (exact) mass is 344 g/mol. The van der Waals surface area contributed by atoms with Gasteiger partial charge in [0.2, 0.25) is 0 Å². The zero-order valence-corrected chi connectivity index (χ0v) is 14.0. The molecular weight excluding hydrogens is 328 g/mol. The maximum absolute atomic E-state index is 12.4. The fraction of sp³-hybridized carbons (Fsp3) is 0.125. The van der Waals surface area contributed by atoms with Crippen molar-refractivity contribution in [3.63, 3.8) is 0 Å². The third-order valence-electron chi connectivity index (χ3n) is 3.44. The fourth-order valence-electron chi connectivity index (χ4n) is 2.18. The highest BCUT2D eigenvalue weighted by Gasteiger charge is 2.14. The molecule has 0 fully saturated rings. The summed E-state index contributed by atoms with van der Waals surface area (Å²) < 4.78 is 34.1. The number of hydrogen-bond donors (Lipinski definition) is 1. The first-order valence-electron chi connectivity index (χ1n) is 7.13. The quantitative estimate of drug-likeness (QED) is 0.768. The average molecular weight is 344 g/mol. The number of methoxy groups -OCH3 is 1. The van der Waals surface area contributed by atoms with E-state index in [9.17, 15) is 8.42 Å². The third-order valence-corrected chi connectivity index (χ3v) is 4.84. The standard InChI is InChI=1S/C16H16N4O3S/c1-12-17-9-10-20(12)16-8-3-13(11-18-16)19-24(21,22)15-6-4-14(23-2)5-7-15/h3-11,19H,1-2H3. The summed E-state index contributed by atoms with van der Waals surface area (Å²) >= 11 is 0. The smallest absolute Gasteiger partial charge is 0.261 e. The molecule has 0 aliphatic rings. The zero-order valence-electron chi connectivity index (χ0n) is 13.2. The van der Waals surface area contributed by atoms with Crippen LogP contribution in [-0.2, 0) is 10.0 Å². The van der Waals surface area contributed by atoms with Crippen molar-refractivity contribution in [2.45, 2.75) is 11.8 Å². The minimum Gasteiger partial charge on any atom is -0.497 e. The lowest BCUT2D eigenvalue weighted by molar-refractivity contribution is 0.414. The van der Waals surface area contributed by atoms with Gasteiger partial charge in [0, 0.05) is 12.4 Å². The molecule has 0 unspecified atom stereocenters. The number of imidazole rings is 1. The molecule has 0 aliphatic carbocycles. The van der Waals surface area contributed by atoms with Crippen LogP contribution in [0, 0.1) is 6.92 Å². The molecule has 0 amide bonds. The summed E-state index contributed by atoms with van der Waals surface area (Å²) in [6.07, 6.45) is 4.94. The van der Waals surface area contributed by atoms with Crippen LogP contribution >= 0.6 is 0 Å². The number of hydrogen-bond acceptors (Lipinski definition) is 5. The van der Waals surface area contributed by atoms with Crippen molar-refractivity contribution in [1.82, 2.24) is 14.5 Å². The van der Waals surface area contributed by atoms with Crippen LogP contribution in [0.5, 0.6) is 5.75 Å². The van der Waals surface area contributed by atoms with Gasteiger partial charge in [0.1, 0.15) is 17.4 Å². The molecule has 124 valence electrons. The average Bonchev–Trinajstić information content (AvgIpc) is 3.01. The van der Waals surface area contributed by atoms with Crippen molar-refractivity contribution in [2.75, 3.05) is 11.8 Å². The predicted molar refractivity (Wildman–Crippen MR) is 89.9 cm³/mol. The molecule has 2 aromatic heterocycles. The van der Waals surface area contributed by atoms with Gasteiger partial charge in [0.15, 0.2) is 0 Å². The molecule has 0 bridgehead atoms. The van der Waals surface area contributed by atoms with Crippen LogP contribution < -0.4 is 9.46 Å². The van der Waals surface area contributed by atoms with E-state index >= 15 is 0 Å². The number of benzene rings is 1. The van der Waals surface area contributed by atoms with Crippen LogP contribution in [0.4, 0.5) is 5.69 Å². The Kier molecular flexibility index (Phi) is 4.22. The second kappa shape index (κ2) is 6.32. The van der Waals surface area contributed by atoms with Crippen molar-refractivity contribution in [1.29, 1.82) is 0 Å². The van der Waals surface area contributed by atoms with Gasteiger partial charge >= 0.3 is 0 Å². The van der Waals surface area contributed by atoms with Gasteiger partial charge in [-0.1, -0.05) is 0 Å². The lowest BCUT2D eigenvalue weighted by Gasteiger charge is -2.09. The first-order chi connectivity index (χ1) is 11.5. The van der Waals surface area contributed by atoms with Crippen molar-refractivity contribution >= 4 is 15.7 Å². The third kappa shape index (κ3) is 3.23. The van der Waals surface area contributed by atoms with E-state index in [1.54, 1.807) is 36.7 Å². The highest BCUT2D eigenvalue weighted by atomic mass is 32.2. The van der Waals surface area contributed by atoms with Gasteiger partial charge in [-0.3, -0.25) is 9.29 Å². The van der Waals surface area contributed by atoms with E-state index in [2.05, 4.69) is 14.7 Å². The van der Waals surface area contributed by atoms with Gasteiger partial charge in [0.05, 0.1) is 23.9 Å². The second-order valence-electron chi connectivity index (χ2n) is 5.03. The summed E-state index contributed by atoms with van der Waals surface area (Å²) in [5.41, 5.74) is 0.382. The Balaban J connectivity index is 1.81. The Morgan fingerprint density at radius 3 is 2.38 bits per heavy atom. The number of pyridine rings is 1. The van der Waals surface area contributed by atoms with E-state index < -0.39 is 10.0 Å². The van der Waals surface area contributed by atoms with E-state index in [1.807, 2.05) is 11.5 Å². The van der Waals surface area contributed by atoms with E-state index in [1.165, 1.54) is 25.4 Å². The van der Waals surface area contributed by atoms with E-state index in [4.69, 9.17) is 4.74 Å². The maximum atomic E-state index is 12.4. The zero-order chi connectivity index (χ0) is 17.2. The molecule has 0 saturated heterocycles. The fourth-order valence-corrected chi connectivity index (χ4v) is 3.22. The number of rotatable bonds is 5. The van der Waals surface area contributed by atoms with Gasteiger partial charge in [-0.25, -0.2) is 18.4 Å². The Morgan fingerprint density at radius 1 is 1.08 bits per heavy atom. The molecule has 0 atom stereocenters. The lowest BCUT2D eigenvalue weighted by Crippen LogP contribution is -2.13. The highest BCUT2D eigenvalue weighted by Crippen LogP contribution is 2.19.